The van der Waals surface area contributed by atoms with Crippen LogP contribution in [0.15, 0.2) is 18.2 Å². The molecule has 0 aliphatic heterocycles. The summed E-state index contributed by atoms with van der Waals surface area (Å²) >= 11 is 5.72. The van der Waals surface area contributed by atoms with E-state index in [0.29, 0.717) is 16.3 Å². The van der Waals surface area contributed by atoms with Gasteiger partial charge in [-0.15, -0.1) is 12.4 Å². The summed E-state index contributed by atoms with van der Waals surface area (Å²) in [5, 5.41) is 0.414. The van der Waals surface area contributed by atoms with Gasteiger partial charge in [0.25, 0.3) is 0 Å². The minimum atomic E-state index is -0.0463. The summed E-state index contributed by atoms with van der Waals surface area (Å²) in [5.41, 5.74) is 6.52. The normalized spacial score (nSPS) is 8.83. The first-order chi connectivity index (χ1) is 5.11. The number of carbonyl (C=O) groups excluding carboxylic acids is 1. The molecule has 1 aromatic rings. The molecule has 0 saturated carbocycles. The van der Waals surface area contributed by atoms with E-state index in [1.54, 1.807) is 18.2 Å². The van der Waals surface area contributed by atoms with Gasteiger partial charge in [-0.25, -0.2) is 0 Å². The van der Waals surface area contributed by atoms with Crippen LogP contribution < -0.4 is 5.73 Å². The van der Waals surface area contributed by atoms with Gasteiger partial charge >= 0.3 is 0 Å². The second kappa shape index (κ2) is 4.33. The number of hydrogen-bond donors (Lipinski definition) is 1. The molecule has 0 heterocycles. The first kappa shape index (κ1) is 11.3. The van der Waals surface area contributed by atoms with E-state index < -0.39 is 0 Å². The summed E-state index contributed by atoms with van der Waals surface area (Å²) in [7, 11) is 0. The van der Waals surface area contributed by atoms with Crippen molar-refractivity contribution in [2.24, 2.45) is 0 Å². The Kier molecular flexibility index (Phi) is 4.07. The zero-order valence-electron chi connectivity index (χ0n) is 6.50. The molecule has 0 radical (unpaired) electrons. The van der Waals surface area contributed by atoms with E-state index in [2.05, 4.69) is 0 Å². The number of Topliss-reactive ketones (excluding diaryl/α,β-unsaturated/α-hetero) is 1. The first-order valence-corrected chi connectivity index (χ1v) is 3.55. The van der Waals surface area contributed by atoms with Crippen molar-refractivity contribution in [1.29, 1.82) is 0 Å². The molecular weight excluding hydrogens is 197 g/mol. The molecule has 0 aliphatic rings. The van der Waals surface area contributed by atoms with Gasteiger partial charge in [0.1, 0.15) is 0 Å². The zero-order chi connectivity index (χ0) is 8.43. The van der Waals surface area contributed by atoms with Crippen LogP contribution in [-0.4, -0.2) is 5.78 Å². The lowest BCUT2D eigenvalue weighted by Crippen LogP contribution is -1.94. The third-order valence-electron chi connectivity index (χ3n) is 1.37. The second-order valence-corrected chi connectivity index (χ2v) is 2.70. The molecule has 66 valence electrons. The van der Waals surface area contributed by atoms with Crippen molar-refractivity contribution in [3.8, 4) is 0 Å². The van der Waals surface area contributed by atoms with Gasteiger partial charge < -0.3 is 5.73 Å². The first-order valence-electron chi connectivity index (χ1n) is 3.17. The number of nitrogens with two attached hydrogens (primary N) is 1. The Bertz CT molecular complexity index is 299. The predicted octanol–water partition coefficient (Wildman–Crippen LogP) is 2.55. The fourth-order valence-electron chi connectivity index (χ4n) is 0.817. The van der Waals surface area contributed by atoms with E-state index in [1.807, 2.05) is 0 Å². The molecule has 2 N–H and O–H groups in total. The largest absolute Gasteiger partial charge is 0.399 e. The molecule has 1 rings (SSSR count). The van der Waals surface area contributed by atoms with E-state index in [4.69, 9.17) is 17.3 Å². The van der Waals surface area contributed by atoms with E-state index in [0.717, 1.165) is 0 Å². The standard InChI is InChI=1S/C8H8ClNO.ClH/c1-5(11)7-3-2-6(10)4-8(7)9;/h2-4H,10H2,1H3;1H. The van der Waals surface area contributed by atoms with Gasteiger partial charge in [-0.2, -0.15) is 0 Å². The second-order valence-electron chi connectivity index (χ2n) is 2.30. The molecule has 0 atom stereocenters. The molecule has 12 heavy (non-hydrogen) atoms. The molecule has 0 saturated heterocycles. The Balaban J connectivity index is 0.00000121. The maximum atomic E-state index is 10.9. The summed E-state index contributed by atoms with van der Waals surface area (Å²) in [6, 6.07) is 4.85. The average Bonchev–Trinajstić information content (AvgIpc) is 1.85. The molecular formula is C8H9Cl2NO. The van der Waals surface area contributed by atoms with Gasteiger partial charge in [-0.05, 0) is 25.1 Å². The van der Waals surface area contributed by atoms with Gasteiger partial charge in [0.2, 0.25) is 0 Å². The van der Waals surface area contributed by atoms with Crippen LogP contribution in [0.25, 0.3) is 0 Å². The highest BCUT2D eigenvalue weighted by molar-refractivity contribution is 6.34. The molecule has 0 spiro atoms. The molecule has 0 aliphatic carbocycles. The number of halogens is 2. The fourth-order valence-corrected chi connectivity index (χ4v) is 1.14. The average molecular weight is 206 g/mol. The molecule has 1 aromatic carbocycles. The smallest absolute Gasteiger partial charge is 0.161 e. The highest BCUT2D eigenvalue weighted by Gasteiger charge is 2.03. The van der Waals surface area contributed by atoms with Gasteiger partial charge in [0.15, 0.2) is 5.78 Å². The van der Waals surface area contributed by atoms with Crippen LogP contribution in [0.2, 0.25) is 5.02 Å². The number of carbonyl (C=O) groups is 1. The van der Waals surface area contributed by atoms with Crippen LogP contribution >= 0.6 is 24.0 Å². The van der Waals surface area contributed by atoms with E-state index in [-0.39, 0.29) is 18.2 Å². The molecule has 4 heteroatoms. The Morgan fingerprint density at radius 2 is 2.08 bits per heavy atom. The monoisotopic (exact) mass is 205 g/mol. The topological polar surface area (TPSA) is 43.1 Å². The van der Waals surface area contributed by atoms with Crippen LogP contribution in [0.4, 0.5) is 5.69 Å². The molecule has 0 unspecified atom stereocenters. The zero-order valence-corrected chi connectivity index (χ0v) is 8.08. The van der Waals surface area contributed by atoms with Gasteiger partial charge in [-0.1, -0.05) is 11.6 Å². The molecule has 2 nitrogen and oxygen atoms in total. The minimum absolute atomic E-state index is 0. The van der Waals surface area contributed by atoms with E-state index in [1.165, 1.54) is 6.92 Å². The molecule has 0 amide bonds. The fraction of sp³-hybridized carbons (Fsp3) is 0.125. The maximum Gasteiger partial charge on any atom is 0.161 e. The van der Waals surface area contributed by atoms with E-state index >= 15 is 0 Å². The predicted molar refractivity (Wildman–Crippen MR) is 53.1 cm³/mol. The summed E-state index contributed by atoms with van der Waals surface area (Å²) < 4.78 is 0. The highest BCUT2D eigenvalue weighted by atomic mass is 35.5. The van der Waals surface area contributed by atoms with Crippen LogP contribution in [0.1, 0.15) is 17.3 Å². The third-order valence-corrected chi connectivity index (χ3v) is 1.69. The molecule has 0 aromatic heterocycles. The third kappa shape index (κ3) is 2.40. The number of hydrogen-bond acceptors (Lipinski definition) is 2. The lowest BCUT2D eigenvalue weighted by molar-refractivity contribution is 0.101. The molecule has 0 fully saturated rings. The van der Waals surface area contributed by atoms with Crippen molar-refractivity contribution < 1.29 is 4.79 Å². The highest BCUT2D eigenvalue weighted by Crippen LogP contribution is 2.19. The Morgan fingerprint density at radius 1 is 1.50 bits per heavy atom. The van der Waals surface area contributed by atoms with Gasteiger partial charge in [0.05, 0.1) is 5.02 Å². The van der Waals surface area contributed by atoms with Crippen LogP contribution in [0.3, 0.4) is 0 Å². The van der Waals surface area contributed by atoms with Crippen molar-refractivity contribution >= 4 is 35.5 Å². The van der Waals surface area contributed by atoms with Gasteiger partial charge in [0, 0.05) is 11.3 Å². The van der Waals surface area contributed by atoms with Crippen molar-refractivity contribution in [3.63, 3.8) is 0 Å². The molecule has 0 bridgehead atoms. The summed E-state index contributed by atoms with van der Waals surface area (Å²) in [5.74, 6) is -0.0463. The lowest BCUT2D eigenvalue weighted by atomic mass is 10.1. The van der Waals surface area contributed by atoms with Crippen LogP contribution in [0.5, 0.6) is 0 Å². The summed E-state index contributed by atoms with van der Waals surface area (Å²) in [6.07, 6.45) is 0. The van der Waals surface area contributed by atoms with Crippen molar-refractivity contribution in [2.75, 3.05) is 5.73 Å². The quantitative estimate of drug-likeness (QED) is 0.566. The van der Waals surface area contributed by atoms with Gasteiger partial charge in [-0.3, -0.25) is 4.79 Å². The number of anilines is 1. The SMILES string of the molecule is CC(=O)c1ccc(N)cc1Cl.Cl. The lowest BCUT2D eigenvalue weighted by Gasteiger charge is -1.99. The summed E-state index contributed by atoms with van der Waals surface area (Å²) in [6.45, 7) is 1.47. The Hall–Kier alpha value is -0.730. The maximum absolute atomic E-state index is 10.9. The Morgan fingerprint density at radius 3 is 2.50 bits per heavy atom. The minimum Gasteiger partial charge on any atom is -0.399 e. The van der Waals surface area contributed by atoms with Crippen molar-refractivity contribution in [2.45, 2.75) is 6.92 Å². The van der Waals surface area contributed by atoms with Crippen molar-refractivity contribution in [3.05, 3.63) is 28.8 Å². The number of ketones is 1. The summed E-state index contributed by atoms with van der Waals surface area (Å²) in [4.78, 5) is 10.9. The number of benzene rings is 1. The number of nitrogen functional groups attached to an aromatic ring is 1. The van der Waals surface area contributed by atoms with Crippen LogP contribution in [-0.2, 0) is 0 Å². The van der Waals surface area contributed by atoms with Crippen LogP contribution in [0, 0.1) is 0 Å². The Labute approximate surface area is 82.1 Å². The van der Waals surface area contributed by atoms with Crippen molar-refractivity contribution in [1.82, 2.24) is 0 Å². The number of rotatable bonds is 1. The van der Waals surface area contributed by atoms with E-state index in [9.17, 15) is 4.79 Å².